The van der Waals surface area contributed by atoms with Gasteiger partial charge in [-0.1, -0.05) is 84.9 Å². The van der Waals surface area contributed by atoms with Crippen LogP contribution in [0.3, 0.4) is 0 Å². The number of benzene rings is 4. The number of esters is 1. The fourth-order valence-corrected chi connectivity index (χ4v) is 8.27. The number of aryl methyl sites for hydroxylation is 1. The number of nitrogens with one attached hydrogen (secondary N) is 3. The molecular weight excluding hydrogens is 781 g/mol. The van der Waals surface area contributed by atoms with E-state index in [0.29, 0.717) is 60.5 Å². The number of amides is 2. The van der Waals surface area contributed by atoms with Crippen LogP contribution < -0.4 is 31.2 Å². The number of carbonyl (C=O) groups is 4. The molecule has 0 saturated heterocycles. The summed E-state index contributed by atoms with van der Waals surface area (Å²) < 4.78 is 22.3. The Morgan fingerprint density at radius 1 is 0.721 bits per heavy atom. The van der Waals surface area contributed by atoms with Crippen molar-refractivity contribution in [2.24, 2.45) is 13.0 Å². The van der Waals surface area contributed by atoms with E-state index in [9.17, 15) is 24.0 Å². The van der Waals surface area contributed by atoms with Gasteiger partial charge in [0.1, 0.15) is 23.2 Å². The number of hydroxylamine groups is 1. The van der Waals surface area contributed by atoms with Gasteiger partial charge in [0.25, 0.3) is 11.8 Å². The molecule has 14 nitrogen and oxygen atoms in total. The molecule has 4 aromatic carbocycles. The van der Waals surface area contributed by atoms with Crippen molar-refractivity contribution in [3.8, 4) is 11.5 Å². The summed E-state index contributed by atoms with van der Waals surface area (Å²) in [7, 11) is 7.55. The number of methoxy groups -OCH3 is 3. The number of nitrogens with zero attached hydrogens (tertiary/aromatic N) is 1. The van der Waals surface area contributed by atoms with Crippen LogP contribution in [0.15, 0.2) is 119 Å². The molecular formula is C47H54N4O10. The van der Waals surface area contributed by atoms with Gasteiger partial charge in [0.2, 0.25) is 0 Å². The van der Waals surface area contributed by atoms with Crippen LogP contribution in [0.2, 0.25) is 0 Å². The second kappa shape index (κ2) is 21.1. The van der Waals surface area contributed by atoms with E-state index < -0.39 is 17.3 Å². The van der Waals surface area contributed by atoms with Crippen molar-refractivity contribution < 1.29 is 43.1 Å². The Morgan fingerprint density at radius 2 is 1.18 bits per heavy atom. The molecule has 3 atom stereocenters. The standard InChI is InChI=1S/C23H24N2O4.C23H25NO5.CH5NO/c1-25-19-12-13-23(14-18(19)22(27)29-25,16-8-4-3-5-9-16)15-24-21(26)17-10-6-7-11-20(17)28-2;1-28-20-11-7-6-10-17(20)21(26)24-15-23(16-8-4-3-5-9-16)13-12-19(25)18(14-23)22(27)29-2;1-2-3/h3-11H,12-15H2,1-2H3,(H,24,26);3-11,18H,12-15H2,1-2H3,(H,24,26);2-3H,1H3. The van der Waals surface area contributed by atoms with E-state index in [-0.39, 0.29) is 35.1 Å². The van der Waals surface area contributed by atoms with E-state index in [1.807, 2.05) is 60.7 Å². The molecule has 1 fully saturated rings. The molecule has 14 heteroatoms. The van der Waals surface area contributed by atoms with Crippen molar-refractivity contribution in [1.29, 1.82) is 0 Å². The lowest BCUT2D eigenvalue weighted by Crippen LogP contribution is -2.48. The molecule has 7 rings (SSSR count). The Labute approximate surface area is 355 Å². The molecule has 0 spiro atoms. The van der Waals surface area contributed by atoms with Gasteiger partial charge in [-0.3, -0.25) is 19.2 Å². The summed E-state index contributed by atoms with van der Waals surface area (Å²) in [5.74, 6) is -0.881. The van der Waals surface area contributed by atoms with Crippen molar-refractivity contribution in [1.82, 2.24) is 20.9 Å². The number of Topliss-reactive ketones (excluding diaryl/α,β-unsaturated/α-hetero) is 1. The molecule has 2 amide bonds. The van der Waals surface area contributed by atoms with Gasteiger partial charge in [0, 0.05) is 44.4 Å². The number of rotatable bonds is 11. The first kappa shape index (κ1) is 45.6. The quantitative estimate of drug-likeness (QED) is 0.0764. The normalized spacial score (nSPS) is 19.0. The first-order valence-corrected chi connectivity index (χ1v) is 20.0. The van der Waals surface area contributed by atoms with Gasteiger partial charge in [0.15, 0.2) is 0 Å². The summed E-state index contributed by atoms with van der Waals surface area (Å²) in [5, 5.41) is 13.4. The zero-order chi connectivity index (χ0) is 44.0. The minimum atomic E-state index is -0.822. The number of fused-ring (bicyclic) bond motifs is 1. The highest BCUT2D eigenvalue weighted by Crippen LogP contribution is 2.41. The first-order chi connectivity index (χ1) is 29.5. The number of ketones is 1. The third kappa shape index (κ3) is 10.6. The van der Waals surface area contributed by atoms with Gasteiger partial charge in [-0.25, -0.2) is 15.0 Å². The topological polar surface area (TPSA) is 187 Å². The fraction of sp³-hybridized carbons (Fsp3) is 0.340. The van der Waals surface area contributed by atoms with Crippen LogP contribution in [0.5, 0.6) is 11.5 Å². The summed E-state index contributed by atoms with van der Waals surface area (Å²) in [6.45, 7) is 0.719. The Kier molecular flexibility index (Phi) is 15.8. The number of hydrogen-bond acceptors (Lipinski definition) is 11. The van der Waals surface area contributed by atoms with E-state index in [1.165, 1.54) is 21.3 Å². The zero-order valence-corrected chi connectivity index (χ0v) is 35.2. The molecule has 0 radical (unpaired) electrons. The smallest absolute Gasteiger partial charge is 0.360 e. The van der Waals surface area contributed by atoms with Gasteiger partial charge in [-0.15, -0.1) is 0 Å². The molecule has 1 saturated carbocycles. The van der Waals surface area contributed by atoms with Gasteiger partial charge in [-0.05, 0) is 67.5 Å². The maximum absolute atomic E-state index is 12.9. The monoisotopic (exact) mass is 834 g/mol. The highest BCUT2D eigenvalue weighted by Gasteiger charge is 2.45. The van der Waals surface area contributed by atoms with Crippen LogP contribution in [0.25, 0.3) is 0 Å². The van der Waals surface area contributed by atoms with E-state index in [0.717, 1.165) is 29.7 Å². The average molecular weight is 835 g/mol. The molecule has 3 unspecified atom stereocenters. The maximum atomic E-state index is 12.9. The van der Waals surface area contributed by atoms with Gasteiger partial charge < -0.3 is 34.6 Å². The highest BCUT2D eigenvalue weighted by atomic mass is 16.5. The van der Waals surface area contributed by atoms with E-state index in [1.54, 1.807) is 60.8 Å². The van der Waals surface area contributed by atoms with Crippen molar-refractivity contribution in [3.63, 3.8) is 0 Å². The van der Waals surface area contributed by atoms with Crippen molar-refractivity contribution in [2.75, 3.05) is 41.5 Å². The number of para-hydroxylation sites is 2. The van der Waals surface area contributed by atoms with Crippen molar-refractivity contribution >= 4 is 23.6 Å². The van der Waals surface area contributed by atoms with E-state index >= 15 is 0 Å². The van der Waals surface area contributed by atoms with Crippen LogP contribution in [-0.4, -0.2) is 75.0 Å². The Morgan fingerprint density at radius 3 is 1.69 bits per heavy atom. The van der Waals surface area contributed by atoms with Crippen molar-refractivity contribution in [2.45, 2.75) is 49.4 Å². The second-order valence-electron chi connectivity index (χ2n) is 15.0. The molecule has 2 aliphatic rings. The summed E-state index contributed by atoms with van der Waals surface area (Å²) in [6.07, 6.45) is 3.17. The summed E-state index contributed by atoms with van der Waals surface area (Å²) in [5.41, 5.74) is 5.22. The van der Waals surface area contributed by atoms with E-state index in [4.69, 9.17) is 23.9 Å². The highest BCUT2D eigenvalue weighted by molar-refractivity contribution is 6.00. The van der Waals surface area contributed by atoms with Gasteiger partial charge >= 0.3 is 11.6 Å². The predicted molar refractivity (Wildman–Crippen MR) is 228 cm³/mol. The molecule has 1 heterocycles. The molecule has 5 aromatic rings. The molecule has 2 aliphatic carbocycles. The lowest BCUT2D eigenvalue weighted by Gasteiger charge is -2.40. The Bertz CT molecular complexity index is 2320. The minimum Gasteiger partial charge on any atom is -0.496 e. The van der Waals surface area contributed by atoms with Crippen LogP contribution in [0, 0.1) is 5.92 Å². The third-order valence-corrected chi connectivity index (χ3v) is 11.5. The third-order valence-electron chi connectivity index (χ3n) is 11.5. The minimum absolute atomic E-state index is 0.112. The number of hydrogen-bond donors (Lipinski definition) is 4. The lowest BCUT2D eigenvalue weighted by molar-refractivity contribution is -0.151. The van der Waals surface area contributed by atoms with E-state index in [2.05, 4.69) is 22.8 Å². The molecule has 0 bridgehead atoms. The van der Waals surface area contributed by atoms with Gasteiger partial charge in [-0.2, -0.15) is 0 Å². The molecule has 61 heavy (non-hydrogen) atoms. The fourth-order valence-electron chi connectivity index (χ4n) is 8.27. The molecule has 1 aromatic heterocycles. The first-order valence-electron chi connectivity index (χ1n) is 20.0. The predicted octanol–water partition coefficient (Wildman–Crippen LogP) is 5.34. The van der Waals surface area contributed by atoms with Crippen LogP contribution in [0.1, 0.15) is 68.8 Å². The van der Waals surface area contributed by atoms with Crippen molar-refractivity contribution in [3.05, 3.63) is 153 Å². The van der Waals surface area contributed by atoms with Crippen LogP contribution in [0.4, 0.5) is 0 Å². The number of carbonyl (C=O) groups excluding carboxylic acids is 4. The molecule has 0 aliphatic heterocycles. The molecule has 4 N–H and O–H groups in total. The number of aromatic nitrogens is 1. The number of ether oxygens (including phenoxy) is 3. The average Bonchev–Trinajstić information content (AvgIpc) is 3.59. The van der Waals surface area contributed by atoms with Crippen LogP contribution >= 0.6 is 0 Å². The summed E-state index contributed by atoms with van der Waals surface area (Å²) in [6, 6.07) is 33.9. The Hall–Kier alpha value is -6.51. The maximum Gasteiger partial charge on any atom is 0.360 e. The Balaban J connectivity index is 0.000000217. The second-order valence-corrected chi connectivity index (χ2v) is 15.0. The lowest BCUT2D eigenvalue weighted by atomic mass is 9.65. The largest absolute Gasteiger partial charge is 0.496 e. The summed E-state index contributed by atoms with van der Waals surface area (Å²) >= 11 is 0. The zero-order valence-electron chi connectivity index (χ0n) is 35.2. The SMILES string of the molecule is CNO.COC(=O)C1CC(CNC(=O)c2ccccc2OC)(c2ccccc2)CCC1=O.COc1ccccc1C(=O)NCC1(c2ccccc2)CCc2c(c(=O)on2C)C1. The van der Waals surface area contributed by atoms with Crippen LogP contribution in [-0.2, 0) is 45.0 Å². The summed E-state index contributed by atoms with van der Waals surface area (Å²) in [4.78, 5) is 62.6. The van der Waals surface area contributed by atoms with Gasteiger partial charge in [0.05, 0.1) is 43.7 Å². The molecule has 322 valence electrons.